The summed E-state index contributed by atoms with van der Waals surface area (Å²) in [5, 5.41) is 0.632. The molecule has 1 heterocycles. The van der Waals surface area contributed by atoms with Crippen molar-refractivity contribution in [3.63, 3.8) is 0 Å². The van der Waals surface area contributed by atoms with Crippen LogP contribution in [0.15, 0.2) is 22.1 Å². The number of carbonyl (C=O) groups excluding carboxylic acids is 1. The number of amides is 1. The van der Waals surface area contributed by atoms with Crippen molar-refractivity contribution in [3.05, 3.63) is 12.5 Å². The van der Waals surface area contributed by atoms with Gasteiger partial charge in [-0.3, -0.25) is 4.79 Å². The van der Waals surface area contributed by atoms with E-state index in [1.807, 2.05) is 0 Å². The fourth-order valence-electron chi connectivity index (χ4n) is 1.00. The second kappa shape index (κ2) is 5.18. The fraction of sp³-hybridized carbons (Fsp3) is 0.556. The van der Waals surface area contributed by atoms with Crippen molar-refractivity contribution in [3.8, 4) is 0 Å². The molecule has 84 valence electrons. The second-order valence-electron chi connectivity index (χ2n) is 3.53. The lowest BCUT2D eigenvalue weighted by Gasteiger charge is -2.19. The van der Waals surface area contributed by atoms with E-state index in [1.54, 1.807) is 13.1 Å². The van der Waals surface area contributed by atoms with E-state index in [-0.39, 0.29) is 0 Å². The molecule has 1 aromatic heterocycles. The number of rotatable bonds is 6. The van der Waals surface area contributed by atoms with Crippen molar-refractivity contribution in [2.45, 2.75) is 30.5 Å². The van der Waals surface area contributed by atoms with Gasteiger partial charge >= 0.3 is 0 Å². The Morgan fingerprint density at radius 1 is 1.73 bits per heavy atom. The van der Waals surface area contributed by atoms with Gasteiger partial charge in [-0.25, -0.2) is 4.98 Å². The van der Waals surface area contributed by atoms with Gasteiger partial charge in [0.2, 0.25) is 5.91 Å². The van der Waals surface area contributed by atoms with Crippen LogP contribution in [0.25, 0.3) is 0 Å². The van der Waals surface area contributed by atoms with E-state index in [9.17, 15) is 4.79 Å². The number of thioether (sulfide) groups is 1. The van der Waals surface area contributed by atoms with E-state index >= 15 is 0 Å². The highest BCUT2D eigenvalue weighted by Gasteiger charge is 2.24. The van der Waals surface area contributed by atoms with Crippen LogP contribution in [-0.2, 0) is 4.79 Å². The van der Waals surface area contributed by atoms with E-state index in [0.29, 0.717) is 11.6 Å². The molecule has 15 heavy (non-hydrogen) atoms. The van der Waals surface area contributed by atoms with Gasteiger partial charge in [-0.05, 0) is 19.8 Å². The zero-order valence-corrected chi connectivity index (χ0v) is 9.42. The van der Waals surface area contributed by atoms with Gasteiger partial charge in [0.05, 0.1) is 11.7 Å². The number of oxazole rings is 1. The van der Waals surface area contributed by atoms with Gasteiger partial charge in [-0.15, -0.1) is 0 Å². The third-order valence-electron chi connectivity index (χ3n) is 2.04. The van der Waals surface area contributed by atoms with Crippen LogP contribution in [0.4, 0.5) is 0 Å². The number of carbonyl (C=O) groups is 1. The maximum atomic E-state index is 10.9. The average Bonchev–Trinajstić information content (AvgIpc) is 2.64. The number of aromatic nitrogens is 1. The van der Waals surface area contributed by atoms with Crippen LogP contribution in [-0.4, -0.2) is 22.2 Å². The van der Waals surface area contributed by atoms with Crippen molar-refractivity contribution in [2.75, 3.05) is 5.75 Å². The molecule has 6 heteroatoms. The maximum Gasteiger partial charge on any atom is 0.255 e. The van der Waals surface area contributed by atoms with Gasteiger partial charge in [0, 0.05) is 5.75 Å². The number of nitrogens with zero attached hydrogens (tertiary/aromatic N) is 1. The predicted molar refractivity (Wildman–Crippen MR) is 58.2 cm³/mol. The minimum atomic E-state index is -0.919. The zero-order valence-electron chi connectivity index (χ0n) is 8.60. The Bertz CT molecular complexity index is 311. The first kappa shape index (κ1) is 12.1. The topological polar surface area (TPSA) is 95.1 Å². The Balaban J connectivity index is 2.19. The van der Waals surface area contributed by atoms with E-state index in [1.165, 1.54) is 18.0 Å². The summed E-state index contributed by atoms with van der Waals surface area (Å²) in [5.74, 6) is 0.337. The van der Waals surface area contributed by atoms with Crippen LogP contribution in [0, 0.1) is 0 Å². The smallest absolute Gasteiger partial charge is 0.255 e. The molecule has 0 radical (unpaired) electrons. The molecule has 0 fully saturated rings. The molecule has 0 aliphatic carbocycles. The van der Waals surface area contributed by atoms with E-state index in [2.05, 4.69) is 4.98 Å². The molecule has 1 unspecified atom stereocenters. The van der Waals surface area contributed by atoms with Crippen LogP contribution in [0.1, 0.15) is 19.8 Å². The Hall–Kier alpha value is -1.01. The standard InChI is InChI=1S/C9H15N3O2S/c1-9(11,7(10)13)3-2-6-15-8-12-4-5-14-8/h4-5H,2-3,6,11H2,1H3,(H2,10,13). The molecule has 0 saturated heterocycles. The summed E-state index contributed by atoms with van der Waals surface area (Å²) >= 11 is 1.49. The molecule has 0 aromatic carbocycles. The lowest BCUT2D eigenvalue weighted by atomic mass is 9.97. The maximum absolute atomic E-state index is 10.9. The molecular weight excluding hydrogens is 214 g/mol. The first-order valence-electron chi connectivity index (χ1n) is 4.63. The minimum Gasteiger partial charge on any atom is -0.440 e. The minimum absolute atomic E-state index is 0.469. The lowest BCUT2D eigenvalue weighted by molar-refractivity contribution is -0.122. The van der Waals surface area contributed by atoms with Crippen LogP contribution >= 0.6 is 11.8 Å². The first-order valence-corrected chi connectivity index (χ1v) is 5.62. The molecule has 1 atom stereocenters. The van der Waals surface area contributed by atoms with Crippen LogP contribution in [0.3, 0.4) is 0 Å². The molecule has 1 rings (SSSR count). The second-order valence-corrected chi connectivity index (χ2v) is 4.58. The molecular formula is C9H15N3O2S. The fourth-order valence-corrected chi connectivity index (χ4v) is 1.73. The molecule has 1 amide bonds. The van der Waals surface area contributed by atoms with Gasteiger partial charge in [-0.1, -0.05) is 11.8 Å². The summed E-state index contributed by atoms with van der Waals surface area (Å²) < 4.78 is 5.04. The summed E-state index contributed by atoms with van der Waals surface area (Å²) in [6, 6.07) is 0. The Kier molecular flexibility index (Phi) is 4.16. The van der Waals surface area contributed by atoms with Gasteiger partial charge < -0.3 is 15.9 Å². The van der Waals surface area contributed by atoms with Crippen molar-refractivity contribution >= 4 is 17.7 Å². The number of hydrogen-bond acceptors (Lipinski definition) is 5. The van der Waals surface area contributed by atoms with Crippen molar-refractivity contribution < 1.29 is 9.21 Å². The van der Waals surface area contributed by atoms with Gasteiger partial charge in [0.15, 0.2) is 0 Å². The summed E-state index contributed by atoms with van der Waals surface area (Å²) in [6.07, 6.45) is 4.48. The molecule has 0 saturated carbocycles. The summed E-state index contributed by atoms with van der Waals surface area (Å²) in [5.41, 5.74) is 9.92. The summed E-state index contributed by atoms with van der Waals surface area (Å²) in [4.78, 5) is 14.9. The van der Waals surface area contributed by atoms with Crippen molar-refractivity contribution in [2.24, 2.45) is 11.5 Å². The Morgan fingerprint density at radius 3 is 3.00 bits per heavy atom. The first-order chi connectivity index (χ1) is 7.02. The van der Waals surface area contributed by atoms with E-state index < -0.39 is 11.4 Å². The lowest BCUT2D eigenvalue weighted by Crippen LogP contribution is -2.49. The molecule has 1 aromatic rings. The van der Waals surface area contributed by atoms with Crippen LogP contribution in [0.2, 0.25) is 0 Å². The highest BCUT2D eigenvalue weighted by molar-refractivity contribution is 7.99. The molecule has 0 aliphatic heterocycles. The van der Waals surface area contributed by atoms with Gasteiger partial charge in [-0.2, -0.15) is 0 Å². The third-order valence-corrected chi connectivity index (χ3v) is 2.98. The number of hydrogen-bond donors (Lipinski definition) is 2. The Labute approximate surface area is 92.6 Å². The average molecular weight is 229 g/mol. The highest BCUT2D eigenvalue weighted by atomic mass is 32.2. The number of nitrogens with two attached hydrogens (primary N) is 2. The normalized spacial score (nSPS) is 14.8. The monoisotopic (exact) mass is 229 g/mol. The molecule has 4 N–H and O–H groups in total. The third kappa shape index (κ3) is 3.93. The van der Waals surface area contributed by atoms with Crippen LogP contribution < -0.4 is 11.5 Å². The van der Waals surface area contributed by atoms with E-state index in [4.69, 9.17) is 15.9 Å². The summed E-state index contributed by atoms with van der Waals surface area (Å²) in [7, 11) is 0. The molecule has 0 bridgehead atoms. The molecule has 0 spiro atoms. The van der Waals surface area contributed by atoms with Gasteiger partial charge in [0.1, 0.15) is 6.26 Å². The van der Waals surface area contributed by atoms with Gasteiger partial charge in [0.25, 0.3) is 5.22 Å². The molecule has 0 aliphatic rings. The highest BCUT2D eigenvalue weighted by Crippen LogP contribution is 2.18. The predicted octanol–water partition coefficient (Wildman–Crippen LogP) is 0.750. The zero-order chi connectivity index (χ0) is 11.3. The summed E-state index contributed by atoms with van der Waals surface area (Å²) in [6.45, 7) is 1.64. The van der Waals surface area contributed by atoms with Crippen molar-refractivity contribution in [1.29, 1.82) is 0 Å². The number of primary amides is 1. The van der Waals surface area contributed by atoms with Crippen molar-refractivity contribution in [1.82, 2.24) is 4.98 Å². The van der Waals surface area contributed by atoms with E-state index in [0.717, 1.165) is 12.2 Å². The Morgan fingerprint density at radius 2 is 2.47 bits per heavy atom. The largest absolute Gasteiger partial charge is 0.440 e. The SMILES string of the molecule is CC(N)(CCCSc1ncco1)C(N)=O. The molecule has 5 nitrogen and oxygen atoms in total. The quantitative estimate of drug-likeness (QED) is 0.554. The van der Waals surface area contributed by atoms with Crippen LogP contribution in [0.5, 0.6) is 0 Å².